The highest BCUT2D eigenvalue weighted by Crippen LogP contribution is 2.56. The van der Waals surface area contributed by atoms with Gasteiger partial charge in [0.25, 0.3) is 11.8 Å². The lowest BCUT2D eigenvalue weighted by molar-refractivity contribution is -0.147. The Kier molecular flexibility index (Phi) is 8.85. The smallest absolute Gasteiger partial charge is 0.262 e. The van der Waals surface area contributed by atoms with E-state index in [2.05, 4.69) is 83.4 Å². The normalized spacial score (nSPS) is 25.0. The summed E-state index contributed by atoms with van der Waals surface area (Å²) in [5.41, 5.74) is 3.87. The van der Waals surface area contributed by atoms with Gasteiger partial charge in [0.1, 0.15) is 24.0 Å². The summed E-state index contributed by atoms with van der Waals surface area (Å²) in [6.07, 6.45) is 0.185. The van der Waals surface area contributed by atoms with Crippen molar-refractivity contribution in [2.45, 2.75) is 64.8 Å². The summed E-state index contributed by atoms with van der Waals surface area (Å²) in [5.74, 6) is -1.30. The number of halogens is 1. The summed E-state index contributed by atoms with van der Waals surface area (Å²) in [6.45, 7) is 14.3. The fourth-order valence-corrected chi connectivity index (χ4v) is 9.64. The lowest BCUT2D eigenvalue weighted by Crippen LogP contribution is -2.72. The second-order valence-electron chi connectivity index (χ2n) is 16.3. The minimum atomic E-state index is -0.968. The molecule has 13 heteroatoms. The molecule has 280 valence electrons. The minimum Gasteiger partial charge on any atom is -0.489 e. The molecule has 4 fully saturated rings. The molecule has 0 bridgehead atoms. The van der Waals surface area contributed by atoms with E-state index >= 15 is 0 Å². The molecule has 2 N–H and O–H groups in total. The van der Waals surface area contributed by atoms with E-state index in [-0.39, 0.29) is 41.7 Å². The van der Waals surface area contributed by atoms with Crippen LogP contribution in [0.5, 0.6) is 5.75 Å². The van der Waals surface area contributed by atoms with Crippen molar-refractivity contribution >= 4 is 52.3 Å². The van der Waals surface area contributed by atoms with Crippen LogP contribution in [0.4, 0.5) is 17.1 Å². The van der Waals surface area contributed by atoms with E-state index in [4.69, 9.17) is 16.3 Å². The zero-order chi connectivity index (χ0) is 38.1. The van der Waals surface area contributed by atoms with E-state index in [0.29, 0.717) is 33.5 Å². The number of hydrogen-bond acceptors (Lipinski definition) is 10. The number of nitrogens with zero attached hydrogens (tertiary/aromatic N) is 5. The Morgan fingerprint density at radius 2 is 1.50 bits per heavy atom. The van der Waals surface area contributed by atoms with Crippen molar-refractivity contribution in [2.24, 2.45) is 10.8 Å². The van der Waals surface area contributed by atoms with Crippen LogP contribution < -0.4 is 25.2 Å². The summed E-state index contributed by atoms with van der Waals surface area (Å²) in [6, 6.07) is 20.9. The summed E-state index contributed by atoms with van der Waals surface area (Å²) in [4.78, 5) is 58.6. The van der Waals surface area contributed by atoms with Crippen LogP contribution >= 0.6 is 11.6 Å². The van der Waals surface area contributed by atoms with Crippen LogP contribution in [0.25, 0.3) is 0 Å². The highest BCUT2D eigenvalue weighted by Gasteiger charge is 2.63. The van der Waals surface area contributed by atoms with Gasteiger partial charge >= 0.3 is 0 Å². The van der Waals surface area contributed by atoms with E-state index < -0.39 is 23.8 Å². The van der Waals surface area contributed by atoms with Gasteiger partial charge in [-0.15, -0.1) is 0 Å². The SMILES string of the molecule is CC1(C)[C@H](Nc2ccc(N3CCN(C4CN(c5ccc6c(c5)C(=O)N(C5CCC(=O)NC5=O)C6=O)C4)CC3)cc2)C(C)(C)[C@H]1Oc1ccc(C#N)c(Cl)c1. The Morgan fingerprint density at radius 3 is 2.15 bits per heavy atom. The maximum atomic E-state index is 13.3. The molecule has 8 rings (SSSR count). The first kappa shape index (κ1) is 35.9. The van der Waals surface area contributed by atoms with Crippen molar-refractivity contribution in [1.29, 1.82) is 5.26 Å². The molecule has 5 aliphatic rings. The summed E-state index contributed by atoms with van der Waals surface area (Å²) in [5, 5.41) is 15.6. The van der Waals surface area contributed by atoms with Gasteiger partial charge in [0.15, 0.2) is 0 Å². The molecule has 0 radical (unpaired) electrons. The topological polar surface area (TPSA) is 138 Å². The van der Waals surface area contributed by atoms with Gasteiger partial charge < -0.3 is 19.9 Å². The molecule has 4 amide bonds. The van der Waals surface area contributed by atoms with E-state index in [1.165, 1.54) is 5.69 Å². The average Bonchev–Trinajstić information content (AvgIpc) is 3.37. The Morgan fingerprint density at radius 1 is 0.833 bits per heavy atom. The number of nitriles is 1. The second kappa shape index (κ2) is 13.3. The Bertz CT molecular complexity index is 2070. The third kappa shape index (κ3) is 6.03. The number of benzene rings is 3. The van der Waals surface area contributed by atoms with Crippen molar-refractivity contribution in [3.05, 3.63) is 82.4 Å². The highest BCUT2D eigenvalue weighted by atomic mass is 35.5. The number of hydrogen-bond donors (Lipinski definition) is 2. The molecule has 12 nitrogen and oxygen atoms in total. The van der Waals surface area contributed by atoms with Crippen molar-refractivity contribution in [3.63, 3.8) is 0 Å². The first-order chi connectivity index (χ1) is 25.8. The first-order valence-corrected chi connectivity index (χ1v) is 19.0. The van der Waals surface area contributed by atoms with E-state index in [9.17, 15) is 24.4 Å². The summed E-state index contributed by atoms with van der Waals surface area (Å²) >= 11 is 6.27. The molecule has 54 heavy (non-hydrogen) atoms. The lowest BCUT2D eigenvalue weighted by Gasteiger charge is -2.63. The van der Waals surface area contributed by atoms with Gasteiger partial charge in [0, 0.05) is 91.7 Å². The molecule has 4 heterocycles. The quantitative estimate of drug-likeness (QED) is 0.306. The monoisotopic (exact) mass is 749 g/mol. The molecule has 3 aromatic carbocycles. The molecule has 0 spiro atoms. The number of nitrogens with one attached hydrogen (secondary N) is 2. The summed E-state index contributed by atoms with van der Waals surface area (Å²) in [7, 11) is 0. The number of fused-ring (bicyclic) bond motifs is 1. The van der Waals surface area contributed by atoms with Gasteiger partial charge in [-0.25, -0.2) is 0 Å². The molecule has 3 saturated heterocycles. The number of anilines is 3. The van der Waals surface area contributed by atoms with Gasteiger partial charge in [-0.1, -0.05) is 39.3 Å². The number of carbonyl (C=O) groups is 4. The van der Waals surface area contributed by atoms with Gasteiger partial charge in [-0.2, -0.15) is 5.26 Å². The maximum Gasteiger partial charge on any atom is 0.262 e. The van der Waals surface area contributed by atoms with Crippen LogP contribution in [0, 0.1) is 22.2 Å². The average molecular weight is 750 g/mol. The van der Waals surface area contributed by atoms with Gasteiger partial charge in [-0.3, -0.25) is 34.3 Å². The summed E-state index contributed by atoms with van der Waals surface area (Å²) < 4.78 is 6.45. The molecular weight excluding hydrogens is 706 g/mol. The van der Waals surface area contributed by atoms with Gasteiger partial charge in [-0.05, 0) is 61.0 Å². The van der Waals surface area contributed by atoms with Crippen LogP contribution in [0.2, 0.25) is 5.02 Å². The predicted molar refractivity (Wildman–Crippen MR) is 205 cm³/mol. The fraction of sp³-hybridized carbons (Fsp3) is 0.439. The van der Waals surface area contributed by atoms with Crippen LogP contribution in [-0.4, -0.2) is 96.9 Å². The van der Waals surface area contributed by atoms with Crippen molar-refractivity contribution < 1.29 is 23.9 Å². The number of imide groups is 2. The van der Waals surface area contributed by atoms with Crippen molar-refractivity contribution in [1.82, 2.24) is 15.1 Å². The zero-order valence-corrected chi connectivity index (χ0v) is 31.7. The number of piperazine rings is 1. The Labute approximate surface area is 320 Å². The zero-order valence-electron chi connectivity index (χ0n) is 30.9. The van der Waals surface area contributed by atoms with E-state index in [0.717, 1.165) is 55.5 Å². The van der Waals surface area contributed by atoms with Gasteiger partial charge in [0.2, 0.25) is 11.8 Å². The van der Waals surface area contributed by atoms with E-state index in [1.54, 1.807) is 24.3 Å². The van der Waals surface area contributed by atoms with Crippen molar-refractivity contribution in [3.8, 4) is 11.8 Å². The number of piperidine rings is 1. The first-order valence-electron chi connectivity index (χ1n) is 18.6. The molecule has 4 aliphatic heterocycles. The van der Waals surface area contributed by atoms with Crippen LogP contribution in [0.3, 0.4) is 0 Å². The van der Waals surface area contributed by atoms with Crippen LogP contribution in [0.15, 0.2) is 60.7 Å². The fourth-order valence-electron chi connectivity index (χ4n) is 9.43. The standard InChI is InChI=1S/C41H44ClN7O5/c1-40(2)38(41(3,4)39(40)54-29-11-5-24(21-43)32(42)20-29)44-25-6-8-26(9-7-25)46-15-17-47(18-16-46)28-22-48(23-28)27-10-12-30-31(19-27)37(53)49(36(30)52)33-13-14-34(50)45-35(33)51/h5-12,19-20,28,33,38-39,44H,13-18,22-23H2,1-4H3,(H,45,50,51)/t33?,38-,39-. The minimum absolute atomic E-state index is 0.0501. The molecule has 1 atom stereocenters. The number of amides is 4. The largest absolute Gasteiger partial charge is 0.489 e. The third-order valence-electron chi connectivity index (χ3n) is 12.2. The molecule has 1 saturated carbocycles. The third-order valence-corrected chi connectivity index (χ3v) is 12.5. The molecule has 1 aliphatic carbocycles. The lowest BCUT2D eigenvalue weighted by atomic mass is 9.49. The Balaban J connectivity index is 0.822. The van der Waals surface area contributed by atoms with E-state index in [1.807, 2.05) is 12.1 Å². The molecule has 0 aromatic heterocycles. The van der Waals surface area contributed by atoms with Crippen molar-refractivity contribution in [2.75, 3.05) is 54.4 Å². The van der Waals surface area contributed by atoms with Gasteiger partial charge in [0.05, 0.1) is 21.7 Å². The number of rotatable bonds is 8. The second-order valence-corrected chi connectivity index (χ2v) is 16.7. The molecule has 1 unspecified atom stereocenters. The maximum absolute atomic E-state index is 13.3. The van der Waals surface area contributed by atoms with Crippen LogP contribution in [-0.2, 0) is 9.59 Å². The molecule has 3 aromatic rings. The Hall–Kier alpha value is -5.12. The number of carbonyl (C=O) groups excluding carboxylic acids is 4. The van der Waals surface area contributed by atoms with Crippen LogP contribution in [0.1, 0.15) is 66.8 Å². The number of ether oxygens (including phenoxy) is 1. The highest BCUT2D eigenvalue weighted by molar-refractivity contribution is 6.31. The predicted octanol–water partition coefficient (Wildman–Crippen LogP) is 4.92. The molecular formula is C41H44ClN7O5.